The minimum Gasteiger partial charge on any atom is -0.466 e. The molecule has 0 aliphatic carbocycles. The highest BCUT2D eigenvalue weighted by atomic mass is 16.6. The number of hydrogen-bond donors (Lipinski definition) is 0. The van der Waals surface area contributed by atoms with Crippen molar-refractivity contribution in [2.24, 2.45) is 5.92 Å². The van der Waals surface area contributed by atoms with E-state index in [2.05, 4.69) is 0 Å². The van der Waals surface area contributed by atoms with Crippen molar-refractivity contribution in [3.63, 3.8) is 0 Å². The number of carbonyl (C=O) groups excluding carboxylic acids is 2. The summed E-state index contributed by atoms with van der Waals surface area (Å²) < 4.78 is 10.1. The highest BCUT2D eigenvalue weighted by molar-refractivity contribution is 5.74. The van der Waals surface area contributed by atoms with Crippen LogP contribution in [0, 0.1) is 5.92 Å². The summed E-state index contributed by atoms with van der Waals surface area (Å²) in [6.07, 6.45) is 1.13. The molecule has 0 radical (unpaired) electrons. The van der Waals surface area contributed by atoms with Crippen LogP contribution in [0.25, 0.3) is 0 Å². The number of esters is 1. The van der Waals surface area contributed by atoms with E-state index in [0.29, 0.717) is 19.7 Å². The fourth-order valence-corrected chi connectivity index (χ4v) is 1.87. The highest BCUT2D eigenvalue weighted by Gasteiger charge is 2.30. The molecule has 1 rings (SSSR count). The summed E-state index contributed by atoms with van der Waals surface area (Å²) in [6, 6.07) is 0. The van der Waals surface area contributed by atoms with Crippen LogP contribution in [0.3, 0.4) is 0 Å². The van der Waals surface area contributed by atoms with E-state index < -0.39 is 0 Å². The number of piperidine rings is 1. The third-order valence-electron chi connectivity index (χ3n) is 2.64. The van der Waals surface area contributed by atoms with Gasteiger partial charge in [-0.15, -0.1) is 0 Å². The van der Waals surface area contributed by atoms with Gasteiger partial charge in [0.2, 0.25) is 0 Å². The first kappa shape index (κ1) is 13.8. The normalized spacial score (nSPS) is 20.2. The Labute approximate surface area is 102 Å². The molecular weight excluding hydrogens is 222 g/mol. The number of nitrogens with zero attached hydrogens (tertiary/aromatic N) is 1. The van der Waals surface area contributed by atoms with Crippen molar-refractivity contribution in [2.75, 3.05) is 19.7 Å². The van der Waals surface area contributed by atoms with Crippen molar-refractivity contribution in [1.29, 1.82) is 0 Å². The van der Waals surface area contributed by atoms with E-state index in [1.165, 1.54) is 0 Å². The van der Waals surface area contributed by atoms with Gasteiger partial charge in [-0.3, -0.25) is 4.79 Å². The Morgan fingerprint density at radius 1 is 1.41 bits per heavy atom. The van der Waals surface area contributed by atoms with E-state index in [4.69, 9.17) is 9.47 Å². The smallest absolute Gasteiger partial charge is 0.410 e. The molecule has 1 aliphatic rings. The minimum absolute atomic E-state index is 0.134. The van der Waals surface area contributed by atoms with Crippen molar-refractivity contribution in [2.45, 2.75) is 39.7 Å². The molecule has 0 aromatic carbocycles. The largest absolute Gasteiger partial charge is 0.466 e. The summed E-state index contributed by atoms with van der Waals surface area (Å²) in [6.45, 7) is 6.85. The molecule has 0 N–H and O–H groups in total. The van der Waals surface area contributed by atoms with Crippen molar-refractivity contribution in [1.82, 2.24) is 4.90 Å². The number of hydrogen-bond acceptors (Lipinski definition) is 4. The van der Waals surface area contributed by atoms with Crippen LogP contribution in [-0.4, -0.2) is 42.8 Å². The van der Waals surface area contributed by atoms with E-state index in [-0.39, 0.29) is 24.1 Å². The topological polar surface area (TPSA) is 55.8 Å². The number of carbonyl (C=O) groups is 2. The van der Waals surface area contributed by atoms with Crippen LogP contribution < -0.4 is 0 Å². The lowest BCUT2D eigenvalue weighted by Crippen LogP contribution is -2.43. The number of rotatable bonds is 3. The van der Waals surface area contributed by atoms with Gasteiger partial charge in [0.25, 0.3) is 0 Å². The molecule has 0 aromatic rings. The Morgan fingerprint density at radius 3 is 2.71 bits per heavy atom. The van der Waals surface area contributed by atoms with Crippen LogP contribution in [0.1, 0.15) is 33.6 Å². The minimum atomic E-state index is -0.339. The first-order valence-electron chi connectivity index (χ1n) is 6.16. The van der Waals surface area contributed by atoms with Gasteiger partial charge in [-0.05, 0) is 33.6 Å². The van der Waals surface area contributed by atoms with E-state index in [9.17, 15) is 9.59 Å². The lowest BCUT2D eigenvalue weighted by Gasteiger charge is -2.31. The molecule has 17 heavy (non-hydrogen) atoms. The van der Waals surface area contributed by atoms with E-state index >= 15 is 0 Å². The van der Waals surface area contributed by atoms with Gasteiger partial charge in [0.15, 0.2) is 0 Å². The number of likely N-dealkylation sites (tertiary alicyclic amines) is 1. The fourth-order valence-electron chi connectivity index (χ4n) is 1.87. The van der Waals surface area contributed by atoms with Crippen LogP contribution in [0.15, 0.2) is 0 Å². The van der Waals surface area contributed by atoms with Crippen molar-refractivity contribution in [3.8, 4) is 0 Å². The van der Waals surface area contributed by atoms with Gasteiger partial charge in [0.05, 0.1) is 18.6 Å². The molecule has 98 valence electrons. The van der Waals surface area contributed by atoms with Crippen LogP contribution >= 0.6 is 0 Å². The second kappa shape index (κ2) is 6.47. The first-order chi connectivity index (χ1) is 8.04. The van der Waals surface area contributed by atoms with E-state index in [1.54, 1.807) is 11.8 Å². The Bertz CT molecular complexity index is 278. The molecule has 1 fully saturated rings. The maximum atomic E-state index is 11.7. The maximum Gasteiger partial charge on any atom is 0.410 e. The van der Waals surface area contributed by atoms with Crippen LogP contribution in [0.2, 0.25) is 0 Å². The Morgan fingerprint density at radius 2 is 2.12 bits per heavy atom. The van der Waals surface area contributed by atoms with Crippen LogP contribution in [0.5, 0.6) is 0 Å². The second-order valence-electron chi connectivity index (χ2n) is 4.47. The monoisotopic (exact) mass is 243 g/mol. The zero-order chi connectivity index (χ0) is 12.8. The summed E-state index contributed by atoms with van der Waals surface area (Å²) in [5.41, 5.74) is 0. The average Bonchev–Trinajstić information content (AvgIpc) is 2.28. The van der Waals surface area contributed by atoms with Crippen LogP contribution in [-0.2, 0) is 14.3 Å². The van der Waals surface area contributed by atoms with Crippen molar-refractivity contribution >= 4 is 12.1 Å². The van der Waals surface area contributed by atoms with Gasteiger partial charge < -0.3 is 14.4 Å². The predicted molar refractivity (Wildman–Crippen MR) is 62.5 cm³/mol. The maximum absolute atomic E-state index is 11.7. The molecule has 1 saturated heterocycles. The molecule has 1 amide bonds. The zero-order valence-corrected chi connectivity index (χ0v) is 10.8. The molecule has 0 bridgehead atoms. The molecule has 1 atom stereocenters. The highest BCUT2D eigenvalue weighted by Crippen LogP contribution is 2.18. The molecule has 1 aliphatic heterocycles. The standard InChI is InChI=1S/C12H21NO4/c1-4-16-11(14)10-6-5-7-13(8-10)12(15)17-9(2)3/h9-10H,4-8H2,1-3H3. The molecule has 1 heterocycles. The summed E-state index contributed by atoms with van der Waals surface area (Å²) in [5, 5.41) is 0. The molecule has 0 saturated carbocycles. The predicted octanol–water partition coefficient (Wildman–Crippen LogP) is 1.81. The van der Waals surface area contributed by atoms with Gasteiger partial charge in [0.1, 0.15) is 0 Å². The summed E-state index contributed by atoms with van der Waals surface area (Å²) >= 11 is 0. The molecule has 5 nitrogen and oxygen atoms in total. The lowest BCUT2D eigenvalue weighted by atomic mass is 9.99. The fraction of sp³-hybridized carbons (Fsp3) is 0.833. The van der Waals surface area contributed by atoms with Gasteiger partial charge >= 0.3 is 12.1 Å². The molecular formula is C12H21NO4. The van der Waals surface area contributed by atoms with Gasteiger partial charge in [0, 0.05) is 13.1 Å². The quantitative estimate of drug-likeness (QED) is 0.709. The van der Waals surface area contributed by atoms with Gasteiger partial charge in [-0.1, -0.05) is 0 Å². The van der Waals surface area contributed by atoms with E-state index in [0.717, 1.165) is 12.8 Å². The SMILES string of the molecule is CCOC(=O)C1CCCN(C(=O)OC(C)C)C1. The molecule has 5 heteroatoms. The van der Waals surface area contributed by atoms with Crippen molar-refractivity contribution < 1.29 is 19.1 Å². The summed E-state index contributed by atoms with van der Waals surface area (Å²) in [7, 11) is 0. The average molecular weight is 243 g/mol. The second-order valence-corrected chi connectivity index (χ2v) is 4.47. The lowest BCUT2D eigenvalue weighted by molar-refractivity contribution is -0.149. The zero-order valence-electron chi connectivity index (χ0n) is 10.8. The summed E-state index contributed by atoms with van der Waals surface area (Å²) in [4.78, 5) is 24.9. The Hall–Kier alpha value is -1.26. The molecule has 1 unspecified atom stereocenters. The van der Waals surface area contributed by atoms with E-state index in [1.807, 2.05) is 13.8 Å². The molecule has 0 aromatic heterocycles. The van der Waals surface area contributed by atoms with Gasteiger partial charge in [-0.2, -0.15) is 0 Å². The van der Waals surface area contributed by atoms with Crippen molar-refractivity contribution in [3.05, 3.63) is 0 Å². The Kier molecular flexibility index (Phi) is 5.25. The van der Waals surface area contributed by atoms with Gasteiger partial charge in [-0.25, -0.2) is 4.79 Å². The third-order valence-corrected chi connectivity index (χ3v) is 2.64. The number of amides is 1. The number of ether oxygens (including phenoxy) is 2. The first-order valence-corrected chi connectivity index (χ1v) is 6.16. The molecule has 0 spiro atoms. The Balaban J connectivity index is 2.48. The third kappa shape index (κ3) is 4.24. The van der Waals surface area contributed by atoms with Crippen LogP contribution in [0.4, 0.5) is 4.79 Å². The summed E-state index contributed by atoms with van der Waals surface area (Å²) in [5.74, 6) is -0.419.